The number of ether oxygens (including phenoxy) is 1. The first-order valence-electron chi connectivity index (χ1n) is 9.70. The van der Waals surface area contributed by atoms with Gasteiger partial charge in [0.2, 0.25) is 0 Å². The van der Waals surface area contributed by atoms with Crippen molar-refractivity contribution in [2.24, 2.45) is 0 Å². The van der Waals surface area contributed by atoms with Crippen molar-refractivity contribution in [3.63, 3.8) is 0 Å². The minimum absolute atomic E-state index is 0.558. The number of hydrogen-bond acceptors (Lipinski definition) is 6. The van der Waals surface area contributed by atoms with Crippen molar-refractivity contribution in [1.29, 1.82) is 0 Å². The highest BCUT2D eigenvalue weighted by molar-refractivity contribution is 5.89. The maximum absolute atomic E-state index is 9.55. The number of carboxylic acid groups (broad SMARTS) is 2. The molecular weight excluding hydrogens is 362 g/mol. The van der Waals surface area contributed by atoms with E-state index < -0.39 is 11.9 Å². The van der Waals surface area contributed by atoms with Gasteiger partial charge in [0, 0.05) is 37.9 Å². The fraction of sp³-hybridized carbons (Fsp3) is 0.550. The Hall–Kier alpha value is -2.61. The van der Waals surface area contributed by atoms with Gasteiger partial charge in [0.25, 0.3) is 0 Å². The van der Waals surface area contributed by atoms with Crippen molar-refractivity contribution >= 4 is 17.6 Å². The molecule has 1 saturated heterocycles. The maximum atomic E-state index is 9.55. The van der Waals surface area contributed by atoms with E-state index >= 15 is 0 Å². The Labute approximate surface area is 166 Å². The van der Waals surface area contributed by atoms with Crippen LogP contribution in [0.25, 0.3) is 0 Å². The molecule has 0 aromatic carbocycles. The number of pyridine rings is 1. The fourth-order valence-corrected chi connectivity index (χ4v) is 2.62. The van der Waals surface area contributed by atoms with Gasteiger partial charge in [-0.2, -0.15) is 0 Å². The number of rotatable bonds is 9. The van der Waals surface area contributed by atoms with Gasteiger partial charge in [0.05, 0.1) is 24.7 Å². The van der Waals surface area contributed by atoms with Crippen molar-refractivity contribution in [2.75, 3.05) is 37.7 Å². The number of carboxylic acids is 2. The highest BCUT2D eigenvalue weighted by Crippen LogP contribution is 2.20. The highest BCUT2D eigenvalue weighted by Gasteiger charge is 2.10. The lowest BCUT2D eigenvalue weighted by atomic mass is 10.2. The summed E-state index contributed by atoms with van der Waals surface area (Å²) in [6, 6.07) is 2.12. The molecule has 3 N–H and O–H groups in total. The molecule has 1 fully saturated rings. The van der Waals surface area contributed by atoms with Gasteiger partial charge >= 0.3 is 11.9 Å². The van der Waals surface area contributed by atoms with Crippen molar-refractivity contribution in [2.45, 2.75) is 39.0 Å². The molecule has 1 aromatic heterocycles. The average molecular weight is 393 g/mol. The number of nitrogens with one attached hydrogen (secondary N) is 1. The maximum Gasteiger partial charge on any atom is 0.328 e. The number of nitrogens with zero attached hydrogens (tertiary/aromatic N) is 2. The minimum Gasteiger partial charge on any atom is -0.492 e. The second-order valence-corrected chi connectivity index (χ2v) is 6.39. The SMILES string of the molecule is CCCCCCOc1cncc(N2CCCNCC2)c1.O=C(O)/C=C/C(=O)O. The van der Waals surface area contributed by atoms with Gasteiger partial charge < -0.3 is 25.2 Å². The molecule has 0 atom stereocenters. The Balaban J connectivity index is 0.000000416. The summed E-state index contributed by atoms with van der Waals surface area (Å²) in [6.07, 6.45) is 11.0. The summed E-state index contributed by atoms with van der Waals surface area (Å²) in [4.78, 5) is 25.8. The summed E-state index contributed by atoms with van der Waals surface area (Å²) in [6.45, 7) is 7.31. The fourth-order valence-electron chi connectivity index (χ4n) is 2.62. The first-order chi connectivity index (χ1) is 13.5. The van der Waals surface area contributed by atoms with Crippen LogP contribution < -0.4 is 15.0 Å². The van der Waals surface area contributed by atoms with E-state index in [9.17, 15) is 9.59 Å². The van der Waals surface area contributed by atoms with Crippen LogP contribution in [0, 0.1) is 0 Å². The average Bonchev–Trinajstić information content (AvgIpc) is 2.96. The van der Waals surface area contributed by atoms with Crippen LogP contribution in [-0.2, 0) is 9.59 Å². The third-order valence-corrected chi connectivity index (χ3v) is 4.04. The van der Waals surface area contributed by atoms with Gasteiger partial charge in [-0.15, -0.1) is 0 Å². The summed E-state index contributed by atoms with van der Waals surface area (Å²) in [5.74, 6) is -1.61. The molecule has 0 saturated carbocycles. The zero-order chi connectivity index (χ0) is 20.6. The molecule has 1 aromatic rings. The van der Waals surface area contributed by atoms with Crippen LogP contribution in [0.4, 0.5) is 5.69 Å². The molecule has 8 heteroatoms. The summed E-state index contributed by atoms with van der Waals surface area (Å²) in [7, 11) is 0. The van der Waals surface area contributed by atoms with E-state index in [1.54, 1.807) is 0 Å². The van der Waals surface area contributed by atoms with Crippen LogP contribution in [0.3, 0.4) is 0 Å². The van der Waals surface area contributed by atoms with Gasteiger partial charge in [0.15, 0.2) is 0 Å². The number of aromatic nitrogens is 1. The molecule has 28 heavy (non-hydrogen) atoms. The van der Waals surface area contributed by atoms with Gasteiger partial charge in [-0.1, -0.05) is 26.2 Å². The van der Waals surface area contributed by atoms with Gasteiger partial charge in [-0.05, 0) is 19.4 Å². The Kier molecular flexibility index (Phi) is 12.1. The number of unbranched alkanes of at least 4 members (excludes halogenated alkanes) is 3. The summed E-state index contributed by atoms with van der Waals surface area (Å²) >= 11 is 0. The molecule has 1 aliphatic heterocycles. The molecular formula is C20H31N3O5. The Morgan fingerprint density at radius 2 is 1.89 bits per heavy atom. The minimum atomic E-state index is -1.26. The van der Waals surface area contributed by atoms with E-state index in [0.717, 1.165) is 45.0 Å². The third-order valence-electron chi connectivity index (χ3n) is 4.04. The van der Waals surface area contributed by atoms with Crippen molar-refractivity contribution in [3.05, 3.63) is 30.6 Å². The summed E-state index contributed by atoms with van der Waals surface area (Å²) in [5.41, 5.74) is 1.18. The van der Waals surface area contributed by atoms with Crippen molar-refractivity contribution in [1.82, 2.24) is 10.3 Å². The molecule has 0 bridgehead atoms. The largest absolute Gasteiger partial charge is 0.492 e. The topological polar surface area (TPSA) is 112 Å². The monoisotopic (exact) mass is 393 g/mol. The predicted molar refractivity (Wildman–Crippen MR) is 108 cm³/mol. The molecule has 0 spiro atoms. The van der Waals surface area contributed by atoms with E-state index in [1.165, 1.54) is 31.4 Å². The van der Waals surface area contributed by atoms with E-state index in [4.69, 9.17) is 14.9 Å². The van der Waals surface area contributed by atoms with Crippen LogP contribution in [-0.4, -0.2) is 59.9 Å². The molecule has 0 unspecified atom stereocenters. The Morgan fingerprint density at radius 1 is 1.14 bits per heavy atom. The lowest BCUT2D eigenvalue weighted by molar-refractivity contribution is -0.134. The van der Waals surface area contributed by atoms with Crippen molar-refractivity contribution in [3.8, 4) is 5.75 Å². The Morgan fingerprint density at radius 3 is 2.57 bits per heavy atom. The number of carbonyl (C=O) groups is 2. The molecule has 1 aliphatic rings. The van der Waals surface area contributed by atoms with Gasteiger partial charge in [-0.3, -0.25) is 4.98 Å². The van der Waals surface area contributed by atoms with Gasteiger partial charge in [0.1, 0.15) is 5.75 Å². The van der Waals surface area contributed by atoms with Crippen LogP contribution in [0.15, 0.2) is 30.6 Å². The molecule has 8 nitrogen and oxygen atoms in total. The molecule has 156 valence electrons. The summed E-state index contributed by atoms with van der Waals surface area (Å²) < 4.78 is 5.81. The quantitative estimate of drug-likeness (QED) is 0.433. The molecule has 2 heterocycles. The Bertz CT molecular complexity index is 598. The lowest BCUT2D eigenvalue weighted by Gasteiger charge is -2.22. The number of anilines is 1. The smallest absolute Gasteiger partial charge is 0.328 e. The van der Waals surface area contributed by atoms with E-state index in [-0.39, 0.29) is 0 Å². The van der Waals surface area contributed by atoms with Crippen LogP contribution in [0.5, 0.6) is 5.75 Å². The van der Waals surface area contributed by atoms with Gasteiger partial charge in [-0.25, -0.2) is 9.59 Å². The standard InChI is InChI=1S/C16H27N3O.C4H4O4/c1-2-3-4-5-11-20-16-12-15(13-18-14-16)19-9-6-7-17-8-10-19;5-3(6)1-2-4(7)8/h12-14,17H,2-11H2,1H3;1-2H,(H,5,6)(H,7,8)/b;2-1+. The zero-order valence-electron chi connectivity index (χ0n) is 16.5. The third kappa shape index (κ3) is 11.2. The number of hydrogen-bond donors (Lipinski definition) is 3. The first-order valence-corrected chi connectivity index (χ1v) is 9.70. The lowest BCUT2D eigenvalue weighted by Crippen LogP contribution is -2.27. The van der Waals surface area contributed by atoms with Crippen LogP contribution in [0.1, 0.15) is 39.0 Å². The predicted octanol–water partition coefficient (Wildman–Crippen LogP) is 2.55. The number of aliphatic carboxylic acids is 2. The van der Waals surface area contributed by atoms with E-state index in [2.05, 4.69) is 28.2 Å². The van der Waals surface area contributed by atoms with Crippen LogP contribution >= 0.6 is 0 Å². The molecule has 2 rings (SSSR count). The summed E-state index contributed by atoms with van der Waals surface area (Å²) in [5, 5.41) is 19.0. The molecule has 0 amide bonds. The second-order valence-electron chi connectivity index (χ2n) is 6.39. The molecule has 0 aliphatic carbocycles. The zero-order valence-corrected chi connectivity index (χ0v) is 16.5. The normalized spacial score (nSPS) is 14.1. The second kappa shape index (κ2) is 14.4. The van der Waals surface area contributed by atoms with Crippen LogP contribution in [0.2, 0.25) is 0 Å². The van der Waals surface area contributed by atoms with Crippen molar-refractivity contribution < 1.29 is 24.5 Å². The van der Waals surface area contributed by atoms with E-state index in [1.807, 2.05) is 12.4 Å². The first kappa shape index (κ1) is 23.4. The molecule has 0 radical (unpaired) electrons. The highest BCUT2D eigenvalue weighted by atomic mass is 16.5. The van der Waals surface area contributed by atoms with E-state index in [0.29, 0.717) is 12.2 Å².